The maximum atomic E-state index is 12.2. The van der Waals surface area contributed by atoms with Crippen molar-refractivity contribution >= 4 is 34.8 Å². The predicted molar refractivity (Wildman–Crippen MR) is 96.7 cm³/mol. The Hall–Kier alpha value is -2.46. The summed E-state index contributed by atoms with van der Waals surface area (Å²) in [6.45, 7) is 3.84. The average Bonchev–Trinajstić information content (AvgIpc) is 2.85. The quantitative estimate of drug-likeness (QED) is 0.823. The van der Waals surface area contributed by atoms with E-state index in [1.165, 1.54) is 0 Å². The number of anilines is 1. The third-order valence-electron chi connectivity index (χ3n) is 3.63. The number of rotatable bonds is 4. The van der Waals surface area contributed by atoms with Gasteiger partial charge in [0.05, 0.1) is 18.2 Å². The maximum Gasteiger partial charge on any atom is 0.256 e. The number of carbonyl (C=O) groups excluding carboxylic acids is 1. The molecule has 0 aliphatic carbocycles. The van der Waals surface area contributed by atoms with Crippen LogP contribution in [0.15, 0.2) is 36.4 Å². The van der Waals surface area contributed by atoms with Gasteiger partial charge in [-0.3, -0.25) is 4.79 Å². The van der Waals surface area contributed by atoms with Gasteiger partial charge in [-0.2, -0.15) is 0 Å². The fourth-order valence-electron chi connectivity index (χ4n) is 2.62. The second-order valence-corrected chi connectivity index (χ2v) is 6.17. The first-order valence-corrected chi connectivity index (χ1v) is 8.04. The summed E-state index contributed by atoms with van der Waals surface area (Å²) in [6, 6.07) is 11.2. The molecule has 5 heteroatoms. The molecular formula is C19H18ClNO3. The summed E-state index contributed by atoms with van der Waals surface area (Å²) < 4.78 is 11.1. The zero-order chi connectivity index (χ0) is 17.3. The molecule has 0 saturated heterocycles. The van der Waals surface area contributed by atoms with Crippen LogP contribution < -0.4 is 14.8 Å². The van der Waals surface area contributed by atoms with Crippen molar-refractivity contribution in [1.29, 1.82) is 0 Å². The first kappa shape index (κ1) is 16.4. The number of nitrogens with one attached hydrogen (secondary N) is 1. The van der Waals surface area contributed by atoms with Crippen molar-refractivity contribution < 1.29 is 14.3 Å². The van der Waals surface area contributed by atoms with Crippen LogP contribution in [0.25, 0.3) is 11.6 Å². The van der Waals surface area contributed by atoms with E-state index in [0.717, 1.165) is 16.8 Å². The minimum Gasteiger partial charge on any atom is -0.493 e. The van der Waals surface area contributed by atoms with Crippen LogP contribution in [0.4, 0.5) is 5.69 Å². The van der Waals surface area contributed by atoms with Gasteiger partial charge in [-0.05, 0) is 43.7 Å². The van der Waals surface area contributed by atoms with Gasteiger partial charge in [-0.15, -0.1) is 0 Å². The SMILES string of the molecule is COc1cc(C=C2C(=O)Nc3ccccc32)cc(Cl)c1OC(C)C. The van der Waals surface area contributed by atoms with Crippen LogP contribution in [-0.4, -0.2) is 19.1 Å². The Balaban J connectivity index is 2.05. The molecule has 2 aromatic rings. The normalized spacial score (nSPS) is 14.7. The minimum absolute atomic E-state index is 0.0203. The van der Waals surface area contributed by atoms with E-state index in [-0.39, 0.29) is 12.0 Å². The standard InChI is InChI=1S/C19H18ClNO3/c1-11(2)24-18-15(20)9-12(10-17(18)23-3)8-14-13-6-4-5-7-16(13)21-19(14)22/h4-11H,1-3H3,(H,21,22). The van der Waals surface area contributed by atoms with Gasteiger partial charge in [0, 0.05) is 16.8 Å². The smallest absolute Gasteiger partial charge is 0.256 e. The predicted octanol–water partition coefficient (Wildman–Crippen LogP) is 4.63. The fraction of sp³-hybridized carbons (Fsp3) is 0.211. The van der Waals surface area contributed by atoms with Gasteiger partial charge in [0.25, 0.3) is 5.91 Å². The zero-order valence-electron chi connectivity index (χ0n) is 13.7. The molecule has 4 nitrogen and oxygen atoms in total. The van der Waals surface area contributed by atoms with Gasteiger partial charge in [0.2, 0.25) is 0 Å². The highest BCUT2D eigenvalue weighted by Gasteiger charge is 2.23. The van der Waals surface area contributed by atoms with E-state index in [0.29, 0.717) is 22.1 Å². The number of hydrogen-bond acceptors (Lipinski definition) is 3. The van der Waals surface area contributed by atoms with E-state index < -0.39 is 0 Å². The highest BCUT2D eigenvalue weighted by molar-refractivity contribution is 6.35. The molecule has 1 amide bonds. The summed E-state index contributed by atoms with van der Waals surface area (Å²) in [5, 5.41) is 3.30. The maximum absolute atomic E-state index is 12.2. The third-order valence-corrected chi connectivity index (χ3v) is 3.91. The largest absolute Gasteiger partial charge is 0.493 e. The number of fused-ring (bicyclic) bond motifs is 1. The highest BCUT2D eigenvalue weighted by atomic mass is 35.5. The van der Waals surface area contributed by atoms with Crippen LogP contribution in [0, 0.1) is 0 Å². The second kappa shape index (κ2) is 6.57. The van der Waals surface area contributed by atoms with Gasteiger partial charge >= 0.3 is 0 Å². The molecule has 0 bridgehead atoms. The molecule has 0 fully saturated rings. The number of ether oxygens (including phenoxy) is 2. The molecule has 0 radical (unpaired) electrons. The molecule has 124 valence electrons. The minimum atomic E-state index is -0.131. The van der Waals surface area contributed by atoms with Crippen LogP contribution in [0.5, 0.6) is 11.5 Å². The van der Waals surface area contributed by atoms with Crippen LogP contribution in [-0.2, 0) is 4.79 Å². The van der Waals surface area contributed by atoms with Gasteiger partial charge in [0.1, 0.15) is 0 Å². The molecule has 0 unspecified atom stereocenters. The lowest BCUT2D eigenvalue weighted by Crippen LogP contribution is -2.07. The zero-order valence-corrected chi connectivity index (χ0v) is 14.5. The van der Waals surface area contributed by atoms with Crippen molar-refractivity contribution in [1.82, 2.24) is 0 Å². The Bertz CT molecular complexity index is 827. The summed E-state index contributed by atoms with van der Waals surface area (Å²) in [7, 11) is 1.56. The van der Waals surface area contributed by atoms with Crippen LogP contribution in [0.3, 0.4) is 0 Å². The summed E-state index contributed by atoms with van der Waals surface area (Å²) in [6.07, 6.45) is 1.78. The molecule has 1 heterocycles. The molecule has 0 spiro atoms. The monoisotopic (exact) mass is 343 g/mol. The Morgan fingerprint density at radius 3 is 2.67 bits per heavy atom. The van der Waals surface area contributed by atoms with Gasteiger partial charge in [0.15, 0.2) is 11.5 Å². The van der Waals surface area contributed by atoms with Crippen molar-refractivity contribution in [3.05, 3.63) is 52.5 Å². The van der Waals surface area contributed by atoms with Gasteiger partial charge < -0.3 is 14.8 Å². The number of amides is 1. The van der Waals surface area contributed by atoms with Gasteiger partial charge in [-0.1, -0.05) is 29.8 Å². The molecule has 24 heavy (non-hydrogen) atoms. The molecular weight excluding hydrogens is 326 g/mol. The van der Waals surface area contributed by atoms with Crippen LogP contribution in [0.1, 0.15) is 25.0 Å². The Morgan fingerprint density at radius 1 is 1.21 bits per heavy atom. The number of para-hydroxylation sites is 1. The molecule has 1 N–H and O–H groups in total. The van der Waals surface area contributed by atoms with Crippen molar-refractivity contribution in [2.75, 3.05) is 12.4 Å². The third kappa shape index (κ3) is 3.10. The molecule has 2 aromatic carbocycles. The lowest BCUT2D eigenvalue weighted by molar-refractivity contribution is -0.110. The van der Waals surface area contributed by atoms with Gasteiger partial charge in [-0.25, -0.2) is 0 Å². The lowest BCUT2D eigenvalue weighted by Gasteiger charge is -2.15. The van der Waals surface area contributed by atoms with E-state index >= 15 is 0 Å². The molecule has 1 aliphatic rings. The lowest BCUT2D eigenvalue weighted by atomic mass is 10.0. The van der Waals surface area contributed by atoms with Crippen molar-refractivity contribution in [2.24, 2.45) is 0 Å². The van der Waals surface area contributed by atoms with E-state index in [1.54, 1.807) is 19.3 Å². The summed E-state index contributed by atoms with van der Waals surface area (Å²) in [5.41, 5.74) is 3.06. The number of methoxy groups -OCH3 is 1. The van der Waals surface area contributed by atoms with E-state index in [9.17, 15) is 4.79 Å². The first-order chi connectivity index (χ1) is 11.5. The van der Waals surface area contributed by atoms with Crippen molar-refractivity contribution in [2.45, 2.75) is 20.0 Å². The van der Waals surface area contributed by atoms with Crippen molar-refractivity contribution in [3.63, 3.8) is 0 Å². The number of hydrogen-bond donors (Lipinski definition) is 1. The Morgan fingerprint density at radius 2 is 1.96 bits per heavy atom. The van der Waals surface area contributed by atoms with Crippen LogP contribution in [0.2, 0.25) is 5.02 Å². The second-order valence-electron chi connectivity index (χ2n) is 5.76. The Kier molecular flexibility index (Phi) is 4.49. The van der Waals surface area contributed by atoms with Crippen LogP contribution >= 0.6 is 11.6 Å². The first-order valence-electron chi connectivity index (χ1n) is 7.66. The molecule has 0 atom stereocenters. The molecule has 1 aliphatic heterocycles. The topological polar surface area (TPSA) is 47.6 Å². The summed E-state index contributed by atoms with van der Waals surface area (Å²) in [5.74, 6) is 0.913. The molecule has 0 saturated carbocycles. The number of carbonyl (C=O) groups is 1. The summed E-state index contributed by atoms with van der Waals surface area (Å²) >= 11 is 6.34. The molecule has 3 rings (SSSR count). The summed E-state index contributed by atoms with van der Waals surface area (Å²) in [4.78, 5) is 12.2. The Labute approximate surface area is 146 Å². The average molecular weight is 344 g/mol. The highest BCUT2D eigenvalue weighted by Crippen LogP contribution is 2.39. The number of benzene rings is 2. The fourth-order valence-corrected chi connectivity index (χ4v) is 2.89. The van der Waals surface area contributed by atoms with Crippen molar-refractivity contribution in [3.8, 4) is 11.5 Å². The van der Waals surface area contributed by atoms with E-state index in [1.807, 2.05) is 44.2 Å². The number of halogens is 1. The molecule has 0 aromatic heterocycles. The van der Waals surface area contributed by atoms with E-state index in [2.05, 4.69) is 5.32 Å². The van der Waals surface area contributed by atoms with E-state index in [4.69, 9.17) is 21.1 Å².